The van der Waals surface area contributed by atoms with Crippen molar-refractivity contribution in [2.45, 2.75) is 13.8 Å². The molecule has 2 aromatic heterocycles. The van der Waals surface area contributed by atoms with Crippen molar-refractivity contribution < 1.29 is 9.53 Å². The summed E-state index contributed by atoms with van der Waals surface area (Å²) in [7, 11) is 1.94. The maximum atomic E-state index is 11.6. The monoisotopic (exact) mass is 217 g/mol. The predicted octanol–water partition coefficient (Wildman–Crippen LogP) is -0.527. The van der Waals surface area contributed by atoms with Gasteiger partial charge >= 0.3 is 5.97 Å². The van der Waals surface area contributed by atoms with E-state index in [-0.39, 0.29) is 0 Å². The van der Waals surface area contributed by atoms with Crippen molar-refractivity contribution in [2.24, 2.45) is 0 Å². The lowest BCUT2D eigenvalue weighted by molar-refractivity contribution is 0.0516. The van der Waals surface area contributed by atoms with Crippen molar-refractivity contribution in [1.82, 2.24) is 14.6 Å². The molecule has 0 amide bonds. The van der Waals surface area contributed by atoms with Gasteiger partial charge in [0.2, 0.25) is 0 Å². The van der Waals surface area contributed by atoms with Gasteiger partial charge in [0.15, 0.2) is 5.69 Å². The van der Waals surface area contributed by atoms with Gasteiger partial charge in [-0.3, -0.25) is 0 Å². The fraction of sp³-hybridized carbons (Fsp3) is 0.300. The number of nitrogens with zero attached hydrogens (tertiary/aromatic N) is 3. The first kappa shape index (κ1) is 10.7. The van der Waals surface area contributed by atoms with E-state index in [9.17, 15) is 4.79 Å². The number of imidazole rings is 1. The Morgan fingerprint density at radius 1 is 1.62 bits per heavy atom. The Morgan fingerprint density at radius 3 is 3.06 bits per heavy atom. The number of carbonyl (C=O) groups is 1. The molecule has 2 rings (SSSR count). The molecule has 16 heavy (non-hydrogen) atoms. The van der Waals surface area contributed by atoms with Gasteiger partial charge in [0.25, 0.3) is 0 Å². The van der Waals surface area contributed by atoms with Gasteiger partial charge in [0, 0.05) is 0 Å². The van der Waals surface area contributed by atoms with E-state index < -0.39 is 5.97 Å². The molecule has 0 N–H and O–H groups in total. The molecule has 0 saturated heterocycles. The van der Waals surface area contributed by atoms with E-state index in [1.165, 1.54) is 10.7 Å². The molecule has 0 unspecified atom stereocenters. The Balaban J connectivity index is 2.60. The van der Waals surface area contributed by atoms with Gasteiger partial charge in [-0.05, 0) is 25.4 Å². The average Bonchev–Trinajstić information content (AvgIpc) is 2.61. The van der Waals surface area contributed by atoms with Gasteiger partial charge < -0.3 is 4.74 Å². The number of rotatable bonds is 2. The van der Waals surface area contributed by atoms with Crippen LogP contribution in [-0.4, -0.2) is 35.0 Å². The minimum Gasteiger partial charge on any atom is -0.461 e. The van der Waals surface area contributed by atoms with Crippen LogP contribution in [0.2, 0.25) is 0 Å². The number of esters is 1. The summed E-state index contributed by atoms with van der Waals surface area (Å²) < 4.78 is 6.46. The summed E-state index contributed by atoms with van der Waals surface area (Å²) in [6, 6.07) is 1.93. The molecular weight excluding hydrogens is 205 g/mol. The molecular formula is C10H12BN3O2. The highest BCUT2D eigenvalue weighted by molar-refractivity contribution is 6.36. The van der Waals surface area contributed by atoms with E-state index in [2.05, 4.69) is 10.1 Å². The number of aromatic nitrogens is 3. The van der Waals surface area contributed by atoms with Crippen LogP contribution in [0.4, 0.5) is 0 Å². The zero-order valence-electron chi connectivity index (χ0n) is 9.52. The molecule has 0 aliphatic carbocycles. The van der Waals surface area contributed by atoms with Crippen molar-refractivity contribution in [1.29, 1.82) is 0 Å². The number of fused-ring (bicyclic) bond motifs is 1. The maximum absolute atomic E-state index is 11.6. The Labute approximate surface area is 93.8 Å². The molecule has 0 atom stereocenters. The van der Waals surface area contributed by atoms with Crippen LogP contribution >= 0.6 is 0 Å². The topological polar surface area (TPSA) is 56.5 Å². The summed E-state index contributed by atoms with van der Waals surface area (Å²) in [6.45, 7) is 3.99. The second-order valence-corrected chi connectivity index (χ2v) is 3.57. The van der Waals surface area contributed by atoms with Gasteiger partial charge in [-0.25, -0.2) is 14.3 Å². The summed E-state index contributed by atoms with van der Waals surface area (Å²) >= 11 is 0. The molecule has 2 aromatic rings. The normalized spacial score (nSPS) is 10.6. The van der Waals surface area contributed by atoms with Crippen LogP contribution < -0.4 is 5.46 Å². The van der Waals surface area contributed by atoms with Crippen molar-refractivity contribution >= 4 is 24.9 Å². The lowest BCUT2D eigenvalue weighted by Crippen LogP contribution is -2.15. The maximum Gasteiger partial charge on any atom is 0.358 e. The highest BCUT2D eigenvalue weighted by atomic mass is 16.5. The molecule has 0 aromatic carbocycles. The van der Waals surface area contributed by atoms with Crippen molar-refractivity contribution in [3.05, 3.63) is 23.7 Å². The Bertz CT molecular complexity index is 550. The van der Waals surface area contributed by atoms with Gasteiger partial charge in [-0.15, -0.1) is 0 Å². The zero-order chi connectivity index (χ0) is 11.7. The molecule has 82 valence electrons. The smallest absolute Gasteiger partial charge is 0.358 e. The minimum atomic E-state index is -0.396. The molecule has 5 nitrogen and oxygen atoms in total. The number of hydrogen-bond donors (Lipinski definition) is 0. The van der Waals surface area contributed by atoms with Crippen LogP contribution in [0.1, 0.15) is 23.1 Å². The number of carbonyl (C=O) groups excluding carboxylic acids is 1. The molecule has 0 bridgehead atoms. The fourth-order valence-corrected chi connectivity index (χ4v) is 1.62. The molecule has 2 heterocycles. The largest absolute Gasteiger partial charge is 0.461 e. The van der Waals surface area contributed by atoms with E-state index in [0.29, 0.717) is 17.9 Å². The van der Waals surface area contributed by atoms with Gasteiger partial charge in [-0.2, -0.15) is 5.10 Å². The number of ether oxygens (including phenoxy) is 1. The molecule has 0 spiro atoms. The van der Waals surface area contributed by atoms with Crippen LogP contribution in [0, 0.1) is 6.92 Å². The minimum absolute atomic E-state index is 0.344. The quantitative estimate of drug-likeness (QED) is 0.501. The first-order chi connectivity index (χ1) is 7.63. The fourth-order valence-electron chi connectivity index (χ4n) is 1.62. The molecule has 0 aliphatic rings. The van der Waals surface area contributed by atoms with Crippen LogP contribution in [0.5, 0.6) is 0 Å². The lowest BCUT2D eigenvalue weighted by atomic mass is 9.98. The van der Waals surface area contributed by atoms with Gasteiger partial charge in [0.05, 0.1) is 18.5 Å². The van der Waals surface area contributed by atoms with E-state index in [0.717, 1.165) is 11.2 Å². The summed E-state index contributed by atoms with van der Waals surface area (Å²) in [5.74, 6) is -0.396. The van der Waals surface area contributed by atoms with Crippen molar-refractivity contribution in [2.75, 3.05) is 6.61 Å². The summed E-state index contributed by atoms with van der Waals surface area (Å²) in [5.41, 5.74) is 2.88. The third kappa shape index (κ3) is 1.66. The first-order valence-electron chi connectivity index (χ1n) is 5.12. The van der Waals surface area contributed by atoms with Crippen LogP contribution in [-0.2, 0) is 4.74 Å². The lowest BCUT2D eigenvalue weighted by Gasteiger charge is -2.03. The van der Waals surface area contributed by atoms with Gasteiger partial charge in [0.1, 0.15) is 13.5 Å². The van der Waals surface area contributed by atoms with E-state index in [4.69, 9.17) is 4.74 Å². The predicted molar refractivity (Wildman–Crippen MR) is 61.9 cm³/mol. The third-order valence-electron chi connectivity index (χ3n) is 2.26. The van der Waals surface area contributed by atoms with Crippen molar-refractivity contribution in [3.8, 4) is 0 Å². The van der Waals surface area contributed by atoms with Crippen LogP contribution in [0.25, 0.3) is 5.65 Å². The molecule has 0 saturated carbocycles. The highest BCUT2D eigenvalue weighted by Crippen LogP contribution is 2.05. The van der Waals surface area contributed by atoms with E-state index in [1.807, 2.05) is 20.8 Å². The van der Waals surface area contributed by atoms with Crippen LogP contribution in [0.3, 0.4) is 0 Å². The molecule has 0 aliphatic heterocycles. The summed E-state index contributed by atoms with van der Waals surface area (Å²) in [5, 5.41) is 4.25. The Kier molecular flexibility index (Phi) is 2.64. The average molecular weight is 217 g/mol. The van der Waals surface area contributed by atoms with Crippen molar-refractivity contribution in [3.63, 3.8) is 0 Å². The number of hydrogen-bond acceptors (Lipinski definition) is 4. The summed E-state index contributed by atoms with van der Waals surface area (Å²) in [4.78, 5) is 15.8. The van der Waals surface area contributed by atoms with Crippen LogP contribution in [0.15, 0.2) is 12.3 Å². The van der Waals surface area contributed by atoms with E-state index >= 15 is 0 Å². The highest BCUT2D eigenvalue weighted by Gasteiger charge is 2.15. The number of aryl methyl sites for hydroxylation is 1. The standard InChI is InChI=1S/C10H12BN3O2/c1-3-16-10(15)8-5-12-9-7(11)4-6(2)13-14(8)9/h4-5H,3,11H2,1-2H3. The van der Waals surface area contributed by atoms with E-state index in [1.54, 1.807) is 6.92 Å². The molecule has 0 fully saturated rings. The second-order valence-electron chi connectivity index (χ2n) is 3.57. The third-order valence-corrected chi connectivity index (χ3v) is 2.26. The molecule has 6 heteroatoms. The zero-order valence-corrected chi connectivity index (χ0v) is 9.52. The SMILES string of the molecule is Bc1cc(C)nn2c(C(=O)OCC)cnc12. The Morgan fingerprint density at radius 2 is 2.38 bits per heavy atom. The van der Waals surface area contributed by atoms with Gasteiger partial charge in [-0.1, -0.05) is 0 Å². The molecule has 0 radical (unpaired) electrons. The Hall–Kier alpha value is -1.85. The summed E-state index contributed by atoms with van der Waals surface area (Å²) in [6.07, 6.45) is 1.49. The second kappa shape index (κ2) is 3.96. The first-order valence-corrected chi connectivity index (χ1v) is 5.12.